The van der Waals surface area contributed by atoms with E-state index in [1.807, 2.05) is 36.0 Å². The fourth-order valence-corrected chi connectivity index (χ4v) is 17.9. The average Bonchev–Trinajstić information content (AvgIpc) is 0.770. The maximum absolute atomic E-state index is 16.7. The topological polar surface area (TPSA) is 21.8 Å². The van der Waals surface area contributed by atoms with Gasteiger partial charge in [0.25, 0.3) is 0 Å². The van der Waals surface area contributed by atoms with Crippen LogP contribution in [0.4, 0.5) is 115 Å². The maximum Gasteiger partial charge on any atom is 0.420 e. The van der Waals surface area contributed by atoms with Crippen LogP contribution in [-0.2, 0) is 24.7 Å². The number of halogens is 15. The van der Waals surface area contributed by atoms with Gasteiger partial charge in [-0.25, -0.2) is 0 Å². The van der Waals surface area contributed by atoms with E-state index in [0.29, 0.717) is 52.1 Å². The van der Waals surface area contributed by atoms with E-state index in [1.54, 1.807) is 121 Å². The van der Waals surface area contributed by atoms with Gasteiger partial charge in [0.15, 0.2) is 0 Å². The van der Waals surface area contributed by atoms with Gasteiger partial charge in [0.2, 0.25) is 0 Å². The molecule has 23 heteroatoms. The molecule has 10 aromatic carbocycles. The lowest BCUT2D eigenvalue weighted by atomic mass is 9.91. The van der Waals surface area contributed by atoms with Crippen LogP contribution < -0.4 is 20.0 Å². The monoisotopic (exact) mass is 1480 g/mol. The molecule has 0 saturated carbocycles. The molecule has 14 rings (SSSR count). The Labute approximate surface area is 544 Å². The fraction of sp³-hybridized carbons (Fsp3) is 0.0909. The molecule has 0 saturated heterocycles. The van der Waals surface area contributed by atoms with Gasteiger partial charge in [0.05, 0.1) is 73.7 Å². The minimum absolute atomic E-state index is 0.169. The second kappa shape index (κ2) is 24.2. The van der Waals surface area contributed by atoms with Crippen LogP contribution in [0.5, 0.6) is 0 Å². The van der Waals surface area contributed by atoms with E-state index in [9.17, 15) is 26.3 Å². The number of rotatable bonds is 3. The SMILES string of the molecule is Cc1c(Br)c(C(F)(F)F)c(Br)c(C(F)(F)F)c1Br.Cc1c(N2c3ccccc3Sc3ccccc32)c(C(F)(F)F)c(N2c3ccccc3Sc3ccccc32)c(C(F)(F)F)c1N1c2ccccc2Sc2ccccc21.c1ccc2c(c1)Nc1ccccc1S2. The first-order valence-electron chi connectivity index (χ1n) is 26.6. The largest absolute Gasteiger partial charge is 0.420 e. The van der Waals surface area contributed by atoms with Crippen molar-refractivity contribution in [2.45, 2.75) is 77.7 Å². The Bertz CT molecular complexity index is 4040. The van der Waals surface area contributed by atoms with Crippen molar-refractivity contribution in [2.75, 3.05) is 20.0 Å². The summed E-state index contributed by atoms with van der Waals surface area (Å²) in [6, 6.07) is 58.4. The number of nitrogens with one attached hydrogen (secondary N) is 1. The lowest BCUT2D eigenvalue weighted by molar-refractivity contribution is -0.145. The molecule has 0 atom stereocenters. The summed E-state index contributed by atoms with van der Waals surface area (Å²) in [5, 5.41) is 3.42. The molecule has 4 aliphatic heterocycles. The summed E-state index contributed by atoms with van der Waals surface area (Å²) in [6.07, 6.45) is -20.4. The van der Waals surface area contributed by atoms with Crippen LogP contribution >= 0.6 is 94.8 Å². The van der Waals surface area contributed by atoms with Crippen LogP contribution in [0.25, 0.3) is 0 Å². The third-order valence-electron chi connectivity index (χ3n) is 14.6. The Morgan fingerprint density at radius 2 is 0.506 bits per heavy atom. The summed E-state index contributed by atoms with van der Waals surface area (Å²) >= 11 is 13.7. The zero-order valence-corrected chi connectivity index (χ0v) is 53.6. The van der Waals surface area contributed by atoms with Crippen LogP contribution in [0.2, 0.25) is 0 Å². The van der Waals surface area contributed by atoms with E-state index in [1.165, 1.54) is 78.1 Å². The summed E-state index contributed by atoms with van der Waals surface area (Å²) in [4.78, 5) is 10.5. The highest BCUT2D eigenvalue weighted by Gasteiger charge is 2.52. The summed E-state index contributed by atoms with van der Waals surface area (Å²) in [7, 11) is 0. The molecular weight excluding hydrogens is 1440 g/mol. The first-order chi connectivity index (χ1) is 42.3. The van der Waals surface area contributed by atoms with Crippen LogP contribution in [-0.4, -0.2) is 0 Å². The van der Waals surface area contributed by atoms with Crippen molar-refractivity contribution in [2.24, 2.45) is 0 Å². The van der Waals surface area contributed by atoms with E-state index in [-0.39, 0.29) is 33.9 Å². The van der Waals surface area contributed by atoms with Gasteiger partial charge in [-0.2, -0.15) is 52.7 Å². The molecule has 4 nitrogen and oxygen atoms in total. The van der Waals surface area contributed by atoms with E-state index in [0.717, 1.165) is 6.92 Å². The highest BCUT2D eigenvalue weighted by Crippen LogP contribution is 2.66. The molecular formula is C66H39Br3F12N4S4. The second-order valence-corrected chi connectivity index (χ2v) is 26.8. The second-order valence-electron chi connectivity index (χ2n) is 20.1. The fourth-order valence-electron chi connectivity index (χ4n) is 10.9. The smallest absolute Gasteiger partial charge is 0.354 e. The van der Waals surface area contributed by atoms with Gasteiger partial charge in [0.1, 0.15) is 11.1 Å². The van der Waals surface area contributed by atoms with Gasteiger partial charge < -0.3 is 20.0 Å². The minimum Gasteiger partial charge on any atom is -0.354 e. The van der Waals surface area contributed by atoms with Gasteiger partial charge >= 0.3 is 24.7 Å². The third kappa shape index (κ3) is 11.7. The Hall–Kier alpha value is -6.60. The lowest BCUT2D eigenvalue weighted by Gasteiger charge is -2.43. The zero-order chi connectivity index (χ0) is 63.1. The molecule has 0 aromatic heterocycles. The normalized spacial score (nSPS) is 13.7. The van der Waals surface area contributed by atoms with Crippen LogP contribution in [0, 0.1) is 13.8 Å². The summed E-state index contributed by atoms with van der Waals surface area (Å²) in [6.45, 7) is 2.55. The van der Waals surface area contributed by atoms with Gasteiger partial charge in [0, 0.05) is 52.6 Å². The first kappa shape index (κ1) is 62.6. The van der Waals surface area contributed by atoms with Gasteiger partial charge in [-0.15, -0.1) is 0 Å². The number of anilines is 11. The van der Waals surface area contributed by atoms with Gasteiger partial charge in [-0.1, -0.05) is 144 Å². The van der Waals surface area contributed by atoms with E-state index < -0.39 is 66.1 Å². The Balaban J connectivity index is 0.000000195. The molecule has 0 aliphatic carbocycles. The molecule has 10 aromatic rings. The van der Waals surface area contributed by atoms with E-state index >= 15 is 26.3 Å². The first-order valence-corrected chi connectivity index (χ1v) is 32.2. The van der Waals surface area contributed by atoms with Crippen molar-refractivity contribution < 1.29 is 52.7 Å². The number of alkyl halides is 12. The highest BCUT2D eigenvalue weighted by molar-refractivity contribution is 9.11. The van der Waals surface area contributed by atoms with Crippen LogP contribution in [0.15, 0.2) is 247 Å². The predicted octanol–water partition coefficient (Wildman–Crippen LogP) is 26.1. The van der Waals surface area contributed by atoms with Crippen molar-refractivity contribution >= 4 is 157 Å². The number of hydrogen-bond acceptors (Lipinski definition) is 8. The average molecular weight is 1480 g/mol. The van der Waals surface area contributed by atoms with Crippen molar-refractivity contribution in [1.82, 2.24) is 0 Å². The van der Waals surface area contributed by atoms with Crippen molar-refractivity contribution in [3.8, 4) is 0 Å². The van der Waals surface area contributed by atoms with Crippen LogP contribution in [0.3, 0.4) is 0 Å². The molecule has 4 heterocycles. The lowest BCUT2D eigenvalue weighted by Crippen LogP contribution is -2.30. The third-order valence-corrected chi connectivity index (χ3v) is 21.9. The van der Waals surface area contributed by atoms with Crippen LogP contribution in [0.1, 0.15) is 33.4 Å². The molecule has 452 valence electrons. The molecule has 1 N–H and O–H groups in total. The van der Waals surface area contributed by atoms with E-state index in [4.69, 9.17) is 0 Å². The van der Waals surface area contributed by atoms with Crippen molar-refractivity contribution in [3.63, 3.8) is 0 Å². The van der Waals surface area contributed by atoms with E-state index in [2.05, 4.69) is 102 Å². The zero-order valence-electron chi connectivity index (χ0n) is 45.6. The molecule has 0 unspecified atom stereocenters. The van der Waals surface area contributed by atoms with Crippen molar-refractivity contribution in [3.05, 3.63) is 241 Å². The molecule has 0 bridgehead atoms. The summed E-state index contributed by atoms with van der Waals surface area (Å²) in [5.41, 5.74) is -3.12. The number of hydrogen-bond donors (Lipinski definition) is 1. The molecule has 0 spiro atoms. The Morgan fingerprint density at radius 3 is 0.775 bits per heavy atom. The summed E-state index contributed by atoms with van der Waals surface area (Å²) in [5.74, 6) is 0. The molecule has 4 aliphatic rings. The molecule has 0 radical (unpaired) electrons. The Morgan fingerprint density at radius 1 is 0.281 bits per heavy atom. The summed E-state index contributed by atoms with van der Waals surface area (Å²) < 4.78 is 175. The Kier molecular flexibility index (Phi) is 17.0. The van der Waals surface area contributed by atoms with Gasteiger partial charge in [-0.05, 0) is 170 Å². The molecule has 89 heavy (non-hydrogen) atoms. The number of fused-ring (bicyclic) bond motifs is 8. The van der Waals surface area contributed by atoms with Crippen molar-refractivity contribution in [1.29, 1.82) is 0 Å². The standard InChI is InChI=1S/C45H27F6N3S3.C12H9NS.C9H3Br3F6/c1-26-41(52-27-14-2-8-20-33(27)55-34-21-9-3-15-28(34)52)39(44(46,47)48)43(54-31-18-6-12-24-37(31)57-38-25-13-7-19-32(38)54)40(45(49,50)51)42(26)53-29-16-4-10-22-35(29)56-36-23-11-5-17-30(36)53;1-3-7-11-9(5-1)13-10-6-2-4-8-12(10)14-11;1-2-5(10)3(8(13,14)15)7(12)4(6(2)11)9(16,17)18/h2-25H,1H3;1-8,13H;1H3. The predicted molar refractivity (Wildman–Crippen MR) is 342 cm³/mol. The molecule has 0 fully saturated rings. The van der Waals surface area contributed by atoms with Gasteiger partial charge in [-0.3, -0.25) is 0 Å². The number of benzene rings is 10. The number of nitrogens with zero attached hydrogens (tertiary/aromatic N) is 3. The number of para-hydroxylation sites is 8. The minimum atomic E-state index is -5.29. The molecule has 0 amide bonds. The quantitative estimate of drug-likeness (QED) is 0.175. The highest BCUT2D eigenvalue weighted by atomic mass is 79.9. The maximum atomic E-state index is 16.7.